The van der Waals surface area contributed by atoms with E-state index in [0.717, 1.165) is 0 Å². The Morgan fingerprint density at radius 3 is 1.50 bits per heavy atom. The van der Waals surface area contributed by atoms with Crippen molar-refractivity contribution < 1.29 is 19.1 Å². The molecule has 0 fully saturated rings. The van der Waals surface area contributed by atoms with Crippen LogP contribution in [0.25, 0.3) is 0 Å². The highest BCUT2D eigenvalue weighted by molar-refractivity contribution is 5.95. The normalized spacial score (nSPS) is 12.8. The number of methoxy groups -OCH3 is 2. The second kappa shape index (κ2) is 5.62. The predicted molar refractivity (Wildman–Crippen MR) is 51.5 cm³/mol. The summed E-state index contributed by atoms with van der Waals surface area (Å²) < 4.78 is 9.13. The molecule has 0 aromatic carbocycles. The Morgan fingerprint density at radius 1 is 0.929 bits per heavy atom. The van der Waals surface area contributed by atoms with Crippen molar-refractivity contribution >= 4 is 11.9 Å². The van der Waals surface area contributed by atoms with Gasteiger partial charge in [-0.3, -0.25) is 9.59 Å². The first-order valence-corrected chi connectivity index (χ1v) is 4.61. The Hall–Kier alpha value is -1.06. The van der Waals surface area contributed by atoms with Crippen molar-refractivity contribution in [3.05, 3.63) is 0 Å². The number of esters is 2. The quantitative estimate of drug-likeness (QED) is 0.508. The number of rotatable bonds is 4. The predicted octanol–water partition coefficient (Wildman–Crippen LogP) is 1.24. The van der Waals surface area contributed by atoms with E-state index in [9.17, 15) is 9.59 Å². The van der Waals surface area contributed by atoms with Gasteiger partial charge in [-0.25, -0.2) is 0 Å². The lowest BCUT2D eigenvalue weighted by Gasteiger charge is -2.22. The van der Waals surface area contributed by atoms with Crippen molar-refractivity contribution in [2.75, 3.05) is 14.2 Å². The Kier molecular flexibility index (Phi) is 5.20. The van der Waals surface area contributed by atoms with Crippen LogP contribution in [-0.4, -0.2) is 26.2 Å². The fourth-order valence-corrected chi connectivity index (χ4v) is 1.16. The molecule has 0 heterocycles. The largest absolute Gasteiger partial charge is 0.468 e. The van der Waals surface area contributed by atoms with Gasteiger partial charge in [0, 0.05) is 0 Å². The summed E-state index contributed by atoms with van der Waals surface area (Å²) in [6, 6.07) is 0. The number of carbonyl (C=O) groups excluding carboxylic acids is 2. The van der Waals surface area contributed by atoms with Gasteiger partial charge in [-0.2, -0.15) is 0 Å². The number of carbonyl (C=O) groups is 2. The number of ether oxygens (including phenoxy) is 2. The summed E-state index contributed by atoms with van der Waals surface area (Å²) >= 11 is 0. The standard InChI is InChI=1S/C10H18O4/c1-6(2)7(3)8(9(11)13-4)10(12)14-5/h6-8H,1-5H3. The first kappa shape index (κ1) is 12.9. The lowest BCUT2D eigenvalue weighted by atomic mass is 9.85. The Morgan fingerprint density at radius 2 is 1.29 bits per heavy atom. The van der Waals surface area contributed by atoms with Crippen molar-refractivity contribution in [2.24, 2.45) is 17.8 Å². The molecular weight excluding hydrogens is 184 g/mol. The molecule has 0 saturated carbocycles. The fourth-order valence-electron chi connectivity index (χ4n) is 1.16. The molecule has 14 heavy (non-hydrogen) atoms. The van der Waals surface area contributed by atoms with Crippen LogP contribution in [0.2, 0.25) is 0 Å². The van der Waals surface area contributed by atoms with Gasteiger partial charge in [0.15, 0.2) is 5.92 Å². The number of hydrogen-bond acceptors (Lipinski definition) is 4. The zero-order chi connectivity index (χ0) is 11.3. The van der Waals surface area contributed by atoms with E-state index in [2.05, 4.69) is 9.47 Å². The smallest absolute Gasteiger partial charge is 0.320 e. The van der Waals surface area contributed by atoms with Crippen LogP contribution in [0.5, 0.6) is 0 Å². The van der Waals surface area contributed by atoms with Gasteiger partial charge in [-0.1, -0.05) is 20.8 Å². The van der Waals surface area contributed by atoms with E-state index in [0.29, 0.717) is 0 Å². The zero-order valence-electron chi connectivity index (χ0n) is 9.37. The van der Waals surface area contributed by atoms with Crippen molar-refractivity contribution in [2.45, 2.75) is 20.8 Å². The molecule has 0 aromatic rings. The van der Waals surface area contributed by atoms with Gasteiger partial charge in [0.2, 0.25) is 0 Å². The molecule has 1 unspecified atom stereocenters. The van der Waals surface area contributed by atoms with Crippen molar-refractivity contribution in [1.82, 2.24) is 0 Å². The average molecular weight is 202 g/mol. The lowest BCUT2D eigenvalue weighted by Crippen LogP contribution is -2.34. The van der Waals surface area contributed by atoms with Crippen molar-refractivity contribution in [3.63, 3.8) is 0 Å². The molecule has 0 saturated heterocycles. The van der Waals surface area contributed by atoms with Crippen LogP contribution in [0, 0.1) is 17.8 Å². The maximum Gasteiger partial charge on any atom is 0.320 e. The minimum atomic E-state index is -0.815. The maximum atomic E-state index is 11.3. The molecule has 0 aliphatic carbocycles. The first-order chi connectivity index (χ1) is 6.45. The monoisotopic (exact) mass is 202 g/mol. The molecule has 1 atom stereocenters. The van der Waals surface area contributed by atoms with Crippen LogP contribution in [-0.2, 0) is 19.1 Å². The average Bonchev–Trinajstić information content (AvgIpc) is 2.16. The molecule has 0 spiro atoms. The molecule has 0 bridgehead atoms. The van der Waals surface area contributed by atoms with E-state index in [1.807, 2.05) is 20.8 Å². The highest BCUT2D eigenvalue weighted by atomic mass is 16.5. The van der Waals surface area contributed by atoms with Crippen molar-refractivity contribution in [3.8, 4) is 0 Å². The summed E-state index contributed by atoms with van der Waals surface area (Å²) in [5, 5.41) is 0. The van der Waals surface area contributed by atoms with E-state index in [-0.39, 0.29) is 11.8 Å². The van der Waals surface area contributed by atoms with Crippen LogP contribution in [0.3, 0.4) is 0 Å². The third-order valence-electron chi connectivity index (χ3n) is 2.49. The molecule has 4 heteroatoms. The zero-order valence-corrected chi connectivity index (χ0v) is 9.37. The van der Waals surface area contributed by atoms with Crippen LogP contribution >= 0.6 is 0 Å². The van der Waals surface area contributed by atoms with E-state index >= 15 is 0 Å². The van der Waals surface area contributed by atoms with Gasteiger partial charge < -0.3 is 9.47 Å². The molecular formula is C10H18O4. The Labute approximate surface area is 84.6 Å². The topological polar surface area (TPSA) is 52.6 Å². The molecule has 0 aromatic heterocycles. The molecule has 0 aliphatic heterocycles. The van der Waals surface area contributed by atoms with Gasteiger partial charge >= 0.3 is 11.9 Å². The van der Waals surface area contributed by atoms with E-state index in [1.165, 1.54) is 14.2 Å². The molecule has 82 valence electrons. The second-order valence-electron chi connectivity index (χ2n) is 3.63. The third kappa shape index (κ3) is 3.01. The highest BCUT2D eigenvalue weighted by Gasteiger charge is 2.35. The molecule has 0 rings (SSSR count). The van der Waals surface area contributed by atoms with Gasteiger partial charge in [0.05, 0.1) is 14.2 Å². The summed E-state index contributed by atoms with van der Waals surface area (Å²) in [5.74, 6) is -1.74. The summed E-state index contributed by atoms with van der Waals surface area (Å²) in [6.45, 7) is 5.73. The Bertz CT molecular complexity index is 194. The van der Waals surface area contributed by atoms with Crippen LogP contribution in [0.4, 0.5) is 0 Å². The maximum absolute atomic E-state index is 11.3. The lowest BCUT2D eigenvalue weighted by molar-refractivity contribution is -0.162. The summed E-state index contributed by atoms with van der Waals surface area (Å²) in [5.41, 5.74) is 0. The molecule has 0 amide bonds. The number of hydrogen-bond donors (Lipinski definition) is 0. The minimum Gasteiger partial charge on any atom is -0.468 e. The van der Waals surface area contributed by atoms with E-state index in [4.69, 9.17) is 0 Å². The van der Waals surface area contributed by atoms with Crippen molar-refractivity contribution in [1.29, 1.82) is 0 Å². The van der Waals surface area contributed by atoms with Crippen LogP contribution in [0.1, 0.15) is 20.8 Å². The summed E-state index contributed by atoms with van der Waals surface area (Å²) in [6.07, 6.45) is 0. The van der Waals surface area contributed by atoms with E-state index < -0.39 is 17.9 Å². The van der Waals surface area contributed by atoms with Gasteiger partial charge in [0.1, 0.15) is 0 Å². The second-order valence-corrected chi connectivity index (χ2v) is 3.63. The summed E-state index contributed by atoms with van der Waals surface area (Å²) in [7, 11) is 2.54. The van der Waals surface area contributed by atoms with Crippen LogP contribution < -0.4 is 0 Å². The van der Waals surface area contributed by atoms with Crippen LogP contribution in [0.15, 0.2) is 0 Å². The molecule has 0 radical (unpaired) electrons. The third-order valence-corrected chi connectivity index (χ3v) is 2.49. The minimum absolute atomic E-state index is 0.0881. The Balaban J connectivity index is 4.72. The summed E-state index contributed by atoms with van der Waals surface area (Å²) in [4.78, 5) is 22.7. The fraction of sp³-hybridized carbons (Fsp3) is 0.800. The van der Waals surface area contributed by atoms with Gasteiger partial charge in [0.25, 0.3) is 0 Å². The molecule has 4 nitrogen and oxygen atoms in total. The molecule has 0 aliphatic rings. The first-order valence-electron chi connectivity index (χ1n) is 4.61. The highest BCUT2D eigenvalue weighted by Crippen LogP contribution is 2.22. The SMILES string of the molecule is COC(=O)C(C(=O)OC)C(C)C(C)C. The van der Waals surface area contributed by atoms with E-state index in [1.54, 1.807) is 0 Å². The van der Waals surface area contributed by atoms with Gasteiger partial charge in [-0.15, -0.1) is 0 Å². The molecule has 0 N–H and O–H groups in total. The van der Waals surface area contributed by atoms with Gasteiger partial charge in [-0.05, 0) is 11.8 Å².